The molecule has 0 radical (unpaired) electrons. The maximum absolute atomic E-state index is 11.2. The van der Waals surface area contributed by atoms with Crippen LogP contribution in [0.5, 0.6) is 0 Å². The van der Waals surface area contributed by atoms with Crippen LogP contribution in [0.2, 0.25) is 0 Å². The molecular formula is C6H7BrN2OS. The molecule has 0 aliphatic heterocycles. The first-order valence-electron chi connectivity index (χ1n) is 3.03. The Bertz CT molecular complexity index is 261. The van der Waals surface area contributed by atoms with Gasteiger partial charge in [-0.05, 0) is 34.5 Å². The third kappa shape index (κ3) is 2.08. The first-order valence-corrected chi connectivity index (χ1v) is 4.60. The summed E-state index contributed by atoms with van der Waals surface area (Å²) in [5.41, 5.74) is 0. The van der Waals surface area contributed by atoms with Crippen molar-refractivity contribution in [3.05, 3.63) is 15.5 Å². The monoisotopic (exact) mass is 234 g/mol. The molecule has 0 saturated heterocycles. The molecule has 3 nitrogen and oxygen atoms in total. The fourth-order valence-corrected chi connectivity index (χ4v) is 1.91. The molecule has 0 unspecified atom stereocenters. The van der Waals surface area contributed by atoms with Gasteiger partial charge in [0.05, 0.1) is 17.2 Å². The van der Waals surface area contributed by atoms with Gasteiger partial charge >= 0.3 is 0 Å². The van der Waals surface area contributed by atoms with Crippen LogP contribution in [-0.2, 0) is 0 Å². The second-order valence-electron chi connectivity index (χ2n) is 1.96. The fraction of sp³-hybridized carbons (Fsp3) is 0.333. The molecule has 1 N–H and O–H groups in total. The minimum absolute atomic E-state index is 0.0712. The number of nitrogens with zero attached hydrogens (tertiary/aromatic N) is 1. The molecule has 1 rings (SSSR count). The number of halogens is 1. The molecule has 11 heavy (non-hydrogen) atoms. The molecule has 0 aromatic carbocycles. The van der Waals surface area contributed by atoms with Gasteiger partial charge in [0.1, 0.15) is 4.88 Å². The molecule has 0 aliphatic carbocycles. The van der Waals surface area contributed by atoms with E-state index >= 15 is 0 Å². The van der Waals surface area contributed by atoms with E-state index in [0.29, 0.717) is 11.4 Å². The van der Waals surface area contributed by atoms with Crippen LogP contribution >= 0.6 is 27.5 Å². The lowest BCUT2D eigenvalue weighted by atomic mass is 10.3. The van der Waals surface area contributed by atoms with Crippen molar-refractivity contribution in [3.63, 3.8) is 0 Å². The van der Waals surface area contributed by atoms with Crippen LogP contribution in [0.1, 0.15) is 9.67 Å². The van der Waals surface area contributed by atoms with Crippen molar-refractivity contribution in [2.24, 2.45) is 0 Å². The predicted octanol–water partition coefficient (Wildman–Crippen LogP) is 1.31. The zero-order valence-corrected chi connectivity index (χ0v) is 8.33. The fourth-order valence-electron chi connectivity index (χ4n) is 0.652. The van der Waals surface area contributed by atoms with E-state index in [9.17, 15) is 4.79 Å². The Kier molecular flexibility index (Phi) is 3.16. The zero-order valence-electron chi connectivity index (χ0n) is 5.93. The Morgan fingerprint density at radius 1 is 1.91 bits per heavy atom. The molecule has 0 saturated carbocycles. The summed E-state index contributed by atoms with van der Waals surface area (Å²) in [7, 11) is 1.74. The van der Waals surface area contributed by atoms with Gasteiger partial charge in [-0.2, -0.15) is 4.37 Å². The first kappa shape index (κ1) is 8.83. The van der Waals surface area contributed by atoms with E-state index in [2.05, 4.69) is 25.6 Å². The SMILES string of the molecule is CNCC(=O)c1sncc1Br. The lowest BCUT2D eigenvalue weighted by Gasteiger charge is -1.94. The third-order valence-corrected chi connectivity index (χ3v) is 2.82. The molecule has 1 aromatic rings. The maximum atomic E-state index is 11.2. The highest BCUT2D eigenvalue weighted by molar-refractivity contribution is 9.10. The van der Waals surface area contributed by atoms with Crippen molar-refractivity contribution in [2.75, 3.05) is 13.6 Å². The van der Waals surface area contributed by atoms with E-state index in [0.717, 1.165) is 4.47 Å². The largest absolute Gasteiger partial charge is 0.313 e. The number of rotatable bonds is 3. The highest BCUT2D eigenvalue weighted by Gasteiger charge is 2.10. The van der Waals surface area contributed by atoms with Crippen molar-refractivity contribution in [3.8, 4) is 0 Å². The summed E-state index contributed by atoms with van der Waals surface area (Å²) >= 11 is 4.45. The molecule has 0 amide bonds. The number of carbonyl (C=O) groups is 1. The minimum atomic E-state index is 0.0712. The molecule has 5 heteroatoms. The van der Waals surface area contributed by atoms with E-state index in [-0.39, 0.29) is 5.78 Å². The molecule has 0 spiro atoms. The van der Waals surface area contributed by atoms with Gasteiger partial charge in [-0.25, -0.2) is 0 Å². The second-order valence-corrected chi connectivity index (χ2v) is 3.61. The van der Waals surface area contributed by atoms with Crippen LogP contribution in [0.4, 0.5) is 0 Å². The number of carbonyl (C=O) groups excluding carboxylic acids is 1. The van der Waals surface area contributed by atoms with Gasteiger partial charge in [-0.15, -0.1) is 0 Å². The van der Waals surface area contributed by atoms with Crippen LogP contribution in [0.3, 0.4) is 0 Å². The molecule has 0 bridgehead atoms. The number of ketones is 1. The van der Waals surface area contributed by atoms with E-state index < -0.39 is 0 Å². The summed E-state index contributed by atoms with van der Waals surface area (Å²) in [5.74, 6) is 0.0712. The third-order valence-electron chi connectivity index (χ3n) is 1.12. The highest BCUT2D eigenvalue weighted by Crippen LogP contribution is 2.19. The van der Waals surface area contributed by atoms with E-state index in [1.165, 1.54) is 11.5 Å². The lowest BCUT2D eigenvalue weighted by molar-refractivity contribution is 0.0997. The van der Waals surface area contributed by atoms with Crippen molar-refractivity contribution < 1.29 is 4.79 Å². The summed E-state index contributed by atoms with van der Waals surface area (Å²) in [6, 6.07) is 0. The Morgan fingerprint density at radius 2 is 2.64 bits per heavy atom. The molecule has 0 atom stereocenters. The Hall–Kier alpha value is -0.260. The summed E-state index contributed by atoms with van der Waals surface area (Å²) in [5, 5.41) is 2.79. The van der Waals surface area contributed by atoms with Crippen LogP contribution in [-0.4, -0.2) is 23.7 Å². The lowest BCUT2D eigenvalue weighted by Crippen LogP contribution is -2.17. The molecule has 60 valence electrons. The maximum Gasteiger partial charge on any atom is 0.189 e. The molecule has 1 aromatic heterocycles. The highest BCUT2D eigenvalue weighted by atomic mass is 79.9. The quantitative estimate of drug-likeness (QED) is 0.803. The van der Waals surface area contributed by atoms with Crippen LogP contribution < -0.4 is 5.32 Å². The second kappa shape index (κ2) is 3.94. The number of Topliss-reactive ketones (excluding diaryl/α,β-unsaturated/α-hetero) is 1. The smallest absolute Gasteiger partial charge is 0.189 e. The van der Waals surface area contributed by atoms with Gasteiger partial charge in [0, 0.05) is 0 Å². The van der Waals surface area contributed by atoms with Crippen LogP contribution in [0.15, 0.2) is 10.7 Å². The standard InChI is InChI=1S/C6H7BrN2OS/c1-8-3-5(10)6-4(7)2-9-11-6/h2,8H,3H2,1H3. The predicted molar refractivity (Wildman–Crippen MR) is 48.1 cm³/mol. The van der Waals surface area contributed by atoms with Gasteiger partial charge in [0.25, 0.3) is 0 Å². The molecule has 1 heterocycles. The van der Waals surface area contributed by atoms with Crippen LogP contribution in [0.25, 0.3) is 0 Å². The van der Waals surface area contributed by atoms with Crippen molar-refractivity contribution >= 4 is 33.2 Å². The van der Waals surface area contributed by atoms with Gasteiger partial charge < -0.3 is 5.32 Å². The summed E-state index contributed by atoms with van der Waals surface area (Å²) < 4.78 is 4.65. The van der Waals surface area contributed by atoms with Crippen molar-refractivity contribution in [2.45, 2.75) is 0 Å². The Labute approximate surface area is 77.1 Å². The summed E-state index contributed by atoms with van der Waals surface area (Å²) in [6.45, 7) is 0.362. The number of nitrogens with one attached hydrogen (secondary N) is 1. The average Bonchev–Trinajstić information content (AvgIpc) is 2.36. The molecule has 0 fully saturated rings. The number of hydrogen-bond donors (Lipinski definition) is 1. The minimum Gasteiger partial charge on any atom is -0.313 e. The van der Waals surface area contributed by atoms with Gasteiger partial charge in [-0.3, -0.25) is 4.79 Å². The van der Waals surface area contributed by atoms with Gasteiger partial charge in [-0.1, -0.05) is 0 Å². The molecular weight excluding hydrogens is 228 g/mol. The average molecular weight is 235 g/mol. The number of likely N-dealkylation sites (N-methyl/N-ethyl adjacent to an activating group) is 1. The summed E-state index contributed by atoms with van der Waals surface area (Å²) in [6.07, 6.45) is 1.63. The van der Waals surface area contributed by atoms with E-state index in [1.54, 1.807) is 13.2 Å². The topological polar surface area (TPSA) is 42.0 Å². The molecule has 0 aliphatic rings. The first-order chi connectivity index (χ1) is 5.25. The Balaban J connectivity index is 2.76. The van der Waals surface area contributed by atoms with Gasteiger partial charge in [0.2, 0.25) is 0 Å². The normalized spacial score (nSPS) is 10.0. The zero-order chi connectivity index (χ0) is 8.27. The van der Waals surface area contributed by atoms with Crippen LogP contribution in [0, 0.1) is 0 Å². The Morgan fingerprint density at radius 3 is 3.09 bits per heavy atom. The van der Waals surface area contributed by atoms with E-state index in [1.807, 2.05) is 0 Å². The van der Waals surface area contributed by atoms with E-state index in [4.69, 9.17) is 0 Å². The van der Waals surface area contributed by atoms with Crippen molar-refractivity contribution in [1.82, 2.24) is 9.69 Å². The number of hydrogen-bond acceptors (Lipinski definition) is 4. The van der Waals surface area contributed by atoms with Gasteiger partial charge in [0.15, 0.2) is 5.78 Å². The summed E-state index contributed by atoms with van der Waals surface area (Å²) in [4.78, 5) is 11.9. The number of aromatic nitrogens is 1. The van der Waals surface area contributed by atoms with Crippen molar-refractivity contribution in [1.29, 1.82) is 0 Å².